The van der Waals surface area contributed by atoms with Gasteiger partial charge < -0.3 is 9.13 Å². The number of para-hydroxylation sites is 2. The fourth-order valence-electron chi connectivity index (χ4n) is 9.03. The zero-order chi connectivity index (χ0) is 37.2. The number of benzene rings is 8. The molecule has 0 atom stereocenters. The Kier molecular flexibility index (Phi) is 6.51. The van der Waals surface area contributed by atoms with Crippen LogP contribution in [-0.2, 0) is 0 Å². The van der Waals surface area contributed by atoms with Crippen LogP contribution in [0.25, 0.3) is 106 Å². The molecule has 0 amide bonds. The van der Waals surface area contributed by atoms with Crippen molar-refractivity contribution in [1.82, 2.24) is 9.13 Å². The minimum absolute atomic E-state index is 0.140. The highest BCUT2D eigenvalue weighted by atomic mass is 32.1. The zero-order valence-electron chi connectivity index (χ0n) is 29.3. The molecule has 3 nitrogen and oxygen atoms in total. The smallest absolute Gasteiger partial charge is 0.133 e. The van der Waals surface area contributed by atoms with Crippen LogP contribution in [0.2, 0.25) is 0 Å². The van der Waals surface area contributed by atoms with Gasteiger partial charge in [-0.1, -0.05) is 91.0 Å². The zero-order valence-corrected chi connectivity index (χ0v) is 31.0. The predicted molar refractivity (Wildman–Crippen MR) is 231 cm³/mol. The molecule has 8 aromatic carbocycles. The number of nitrogens with zero attached hydrogens (tertiary/aromatic N) is 3. The van der Waals surface area contributed by atoms with Crippen LogP contribution in [0.3, 0.4) is 0 Å². The van der Waals surface area contributed by atoms with Gasteiger partial charge in [-0.15, -0.1) is 22.7 Å². The topological polar surface area (TPSA) is 33.6 Å². The number of halogens is 2. The van der Waals surface area contributed by atoms with Gasteiger partial charge in [-0.3, -0.25) is 0 Å². The average molecular weight is 758 g/mol. The minimum atomic E-state index is -0.673. The van der Waals surface area contributed by atoms with E-state index >= 15 is 8.78 Å². The van der Waals surface area contributed by atoms with E-state index in [4.69, 9.17) is 0 Å². The third-order valence-corrected chi connectivity index (χ3v) is 13.6. The van der Waals surface area contributed by atoms with Gasteiger partial charge in [0, 0.05) is 61.9 Å². The van der Waals surface area contributed by atoms with Crippen LogP contribution in [0.15, 0.2) is 152 Å². The van der Waals surface area contributed by atoms with Gasteiger partial charge >= 0.3 is 0 Å². The van der Waals surface area contributed by atoms with Gasteiger partial charge in [0.1, 0.15) is 23.3 Å². The van der Waals surface area contributed by atoms with Crippen LogP contribution in [0.1, 0.15) is 5.56 Å². The van der Waals surface area contributed by atoms with Gasteiger partial charge in [-0.25, -0.2) is 8.78 Å². The quantitative estimate of drug-likeness (QED) is 0.177. The molecule has 262 valence electrons. The molecule has 7 heteroatoms. The highest BCUT2D eigenvalue weighted by molar-refractivity contribution is 7.26. The molecule has 0 aliphatic heterocycles. The number of thiophene rings is 2. The maximum absolute atomic E-state index is 16.0. The number of fused-ring (bicyclic) bond motifs is 14. The Balaban J connectivity index is 1.33. The third-order valence-electron chi connectivity index (χ3n) is 11.3. The number of hydrogen-bond acceptors (Lipinski definition) is 3. The molecule has 0 aliphatic carbocycles. The van der Waals surface area contributed by atoms with Crippen molar-refractivity contribution >= 4 is 107 Å². The number of aromatic nitrogens is 2. The van der Waals surface area contributed by atoms with E-state index in [2.05, 4.69) is 112 Å². The molecule has 0 unspecified atom stereocenters. The summed E-state index contributed by atoms with van der Waals surface area (Å²) in [4.78, 5) is 0. The maximum atomic E-state index is 16.0. The van der Waals surface area contributed by atoms with Crippen molar-refractivity contribution < 1.29 is 8.78 Å². The SMILES string of the molecule is N#Cc1c(-n2c3ccccc3c3ccc4sc5ccccc5c4c32)cc(-c2c(F)cccc2F)cc1-n1c2ccccc2c2ccc3sc4ccccc4c3c21. The second kappa shape index (κ2) is 11.6. The first-order valence-corrected chi connectivity index (χ1v) is 19.9. The van der Waals surface area contributed by atoms with E-state index in [1.807, 2.05) is 24.3 Å². The second-order valence-corrected chi connectivity index (χ2v) is 16.3. The van der Waals surface area contributed by atoms with Crippen molar-refractivity contribution in [2.24, 2.45) is 0 Å². The summed E-state index contributed by atoms with van der Waals surface area (Å²) in [5, 5.41) is 20.0. The van der Waals surface area contributed by atoms with E-state index in [-0.39, 0.29) is 5.56 Å². The lowest BCUT2D eigenvalue weighted by molar-refractivity contribution is 0.589. The van der Waals surface area contributed by atoms with Crippen molar-refractivity contribution in [2.45, 2.75) is 0 Å². The summed E-state index contributed by atoms with van der Waals surface area (Å²) < 4.78 is 41.0. The Morgan fingerprint density at radius 1 is 0.446 bits per heavy atom. The lowest BCUT2D eigenvalue weighted by Crippen LogP contribution is -2.06. The number of rotatable bonds is 3. The minimum Gasteiger partial charge on any atom is -0.307 e. The van der Waals surface area contributed by atoms with Crippen LogP contribution in [0.4, 0.5) is 8.78 Å². The predicted octanol–water partition coefficient (Wildman–Crippen LogP) is 14.4. The fourth-order valence-corrected chi connectivity index (χ4v) is 11.2. The van der Waals surface area contributed by atoms with E-state index in [1.165, 1.54) is 18.2 Å². The summed E-state index contributed by atoms with van der Waals surface area (Å²) in [6.07, 6.45) is 0. The monoisotopic (exact) mass is 757 g/mol. The third kappa shape index (κ3) is 4.17. The van der Waals surface area contributed by atoms with Gasteiger partial charge in [0.15, 0.2) is 0 Å². The standard InChI is InChI=1S/C49H25F2N3S2/c50-35-14-9-15-36(51)45(35)27-24-39(53-37-16-5-1-10-28(37)30-20-22-43-46(48(30)53)32-12-3-7-18-41(32)55-43)34(26-52)40(25-27)54-38-17-6-2-11-29(38)31-21-23-44-47(49(31)54)33-13-4-8-19-42(33)56-44/h1-25H. The van der Waals surface area contributed by atoms with Gasteiger partial charge in [-0.2, -0.15) is 5.26 Å². The lowest BCUT2D eigenvalue weighted by atomic mass is 9.98. The largest absolute Gasteiger partial charge is 0.307 e. The van der Waals surface area contributed by atoms with Crippen LogP contribution in [0.5, 0.6) is 0 Å². The molecule has 4 aromatic heterocycles. The van der Waals surface area contributed by atoms with E-state index in [9.17, 15) is 5.26 Å². The number of hydrogen-bond donors (Lipinski definition) is 0. The molecule has 0 fully saturated rings. The summed E-state index contributed by atoms with van der Waals surface area (Å²) in [5.41, 5.74) is 5.37. The first-order chi connectivity index (χ1) is 27.6. The Morgan fingerprint density at radius 3 is 1.38 bits per heavy atom. The van der Waals surface area contributed by atoms with Crippen molar-refractivity contribution in [3.05, 3.63) is 169 Å². The lowest BCUT2D eigenvalue weighted by Gasteiger charge is -2.19. The molecule has 0 radical (unpaired) electrons. The van der Waals surface area contributed by atoms with Crippen molar-refractivity contribution in [1.29, 1.82) is 5.26 Å². The first kappa shape index (κ1) is 31.5. The van der Waals surface area contributed by atoms with Crippen molar-refractivity contribution in [2.75, 3.05) is 0 Å². The Morgan fingerprint density at radius 2 is 0.893 bits per heavy atom. The Hall–Kier alpha value is -6.85. The van der Waals surface area contributed by atoms with Gasteiger partial charge in [0.25, 0.3) is 0 Å². The van der Waals surface area contributed by atoms with E-state index in [1.54, 1.807) is 34.8 Å². The summed E-state index contributed by atoms with van der Waals surface area (Å²) in [5.74, 6) is -1.35. The molecule has 0 saturated carbocycles. The molecular weight excluding hydrogens is 733 g/mol. The highest BCUT2D eigenvalue weighted by Gasteiger charge is 2.26. The molecule has 0 N–H and O–H groups in total. The molecule has 0 saturated heterocycles. The molecule has 56 heavy (non-hydrogen) atoms. The van der Waals surface area contributed by atoms with E-state index in [0.717, 1.165) is 84.0 Å². The molecule has 12 aromatic rings. The van der Waals surface area contributed by atoms with Crippen molar-refractivity contribution in [3.63, 3.8) is 0 Å². The van der Waals surface area contributed by atoms with E-state index in [0.29, 0.717) is 22.5 Å². The maximum Gasteiger partial charge on any atom is 0.133 e. The summed E-state index contributed by atoms with van der Waals surface area (Å²) in [6.45, 7) is 0. The normalized spacial score (nSPS) is 12.1. The Labute approximate surface area is 325 Å². The summed E-state index contributed by atoms with van der Waals surface area (Å²) >= 11 is 3.46. The molecule has 4 heterocycles. The molecule has 0 bridgehead atoms. The Bertz CT molecular complexity index is 3480. The van der Waals surface area contributed by atoms with Gasteiger partial charge in [-0.05, 0) is 66.2 Å². The summed E-state index contributed by atoms with van der Waals surface area (Å²) in [7, 11) is 0. The van der Waals surface area contributed by atoms with Crippen LogP contribution in [0, 0.1) is 23.0 Å². The molecule has 12 rings (SSSR count). The van der Waals surface area contributed by atoms with Crippen LogP contribution in [-0.4, -0.2) is 9.13 Å². The highest BCUT2D eigenvalue weighted by Crippen LogP contribution is 2.47. The van der Waals surface area contributed by atoms with Gasteiger partial charge in [0.05, 0.1) is 39.0 Å². The summed E-state index contributed by atoms with van der Waals surface area (Å²) in [6, 6.07) is 52.0. The number of nitriles is 1. The fraction of sp³-hybridized carbons (Fsp3) is 0. The molecular formula is C49H25F2N3S2. The first-order valence-electron chi connectivity index (χ1n) is 18.3. The van der Waals surface area contributed by atoms with E-state index < -0.39 is 11.6 Å². The average Bonchev–Trinajstić information content (AvgIpc) is 3.97. The van der Waals surface area contributed by atoms with Crippen LogP contribution >= 0.6 is 22.7 Å². The second-order valence-electron chi connectivity index (χ2n) is 14.2. The van der Waals surface area contributed by atoms with Crippen molar-refractivity contribution in [3.8, 4) is 28.6 Å². The van der Waals surface area contributed by atoms with Gasteiger partial charge in [0.2, 0.25) is 0 Å². The molecule has 0 spiro atoms. The molecule has 0 aliphatic rings. The van der Waals surface area contributed by atoms with Crippen LogP contribution < -0.4 is 0 Å².